The topological polar surface area (TPSA) is 88.2 Å². The lowest BCUT2D eigenvalue weighted by atomic mass is 10.1. The number of hydrogen-bond acceptors (Lipinski definition) is 4. The van der Waals surface area contributed by atoms with E-state index >= 15 is 0 Å². The number of anilines is 1. The molecule has 3 aromatic rings. The molecule has 0 atom stereocenters. The molecule has 6 nitrogen and oxygen atoms in total. The van der Waals surface area contributed by atoms with Crippen LogP contribution in [0.5, 0.6) is 0 Å². The van der Waals surface area contributed by atoms with Crippen LogP contribution in [0, 0.1) is 13.8 Å². The lowest BCUT2D eigenvalue weighted by Gasteiger charge is -2.10. The fraction of sp³-hybridized carbons (Fsp3) is 0.143. The number of rotatable bonds is 6. The van der Waals surface area contributed by atoms with Gasteiger partial charge in [-0.25, -0.2) is 13.1 Å². The predicted octanol–water partition coefficient (Wildman–Crippen LogP) is 3.43. The van der Waals surface area contributed by atoms with Crippen LogP contribution in [0.2, 0.25) is 0 Å². The summed E-state index contributed by atoms with van der Waals surface area (Å²) < 4.78 is 27.4. The van der Waals surface area contributed by atoms with Gasteiger partial charge in [-0.1, -0.05) is 12.1 Å². The van der Waals surface area contributed by atoms with Crippen molar-refractivity contribution in [3.8, 4) is 0 Å². The molecule has 0 saturated heterocycles. The van der Waals surface area contributed by atoms with Crippen LogP contribution in [0.15, 0.2) is 71.9 Å². The van der Waals surface area contributed by atoms with Crippen LogP contribution in [-0.2, 0) is 16.6 Å². The molecule has 2 N–H and O–H groups in total. The molecule has 0 unspecified atom stereocenters. The first-order chi connectivity index (χ1) is 13.3. The number of hydrogen-bond donors (Lipinski definition) is 2. The highest BCUT2D eigenvalue weighted by Gasteiger charge is 2.15. The Balaban J connectivity index is 1.70. The van der Waals surface area contributed by atoms with E-state index in [0.29, 0.717) is 5.56 Å². The molecule has 7 heteroatoms. The van der Waals surface area contributed by atoms with Crippen LogP contribution >= 0.6 is 0 Å². The van der Waals surface area contributed by atoms with E-state index in [0.717, 1.165) is 22.4 Å². The minimum atomic E-state index is -3.67. The fourth-order valence-electron chi connectivity index (χ4n) is 2.61. The Morgan fingerprint density at radius 1 is 0.964 bits per heavy atom. The Bertz CT molecular complexity index is 1080. The zero-order valence-corrected chi connectivity index (χ0v) is 16.5. The maximum atomic E-state index is 12.5. The number of carbonyl (C=O) groups excluding carboxylic acids is 1. The van der Waals surface area contributed by atoms with Crippen LogP contribution in [-0.4, -0.2) is 19.3 Å². The van der Waals surface area contributed by atoms with Crippen molar-refractivity contribution in [2.75, 3.05) is 5.32 Å². The van der Waals surface area contributed by atoms with Gasteiger partial charge in [-0.05, 0) is 73.0 Å². The van der Waals surface area contributed by atoms with Gasteiger partial charge in [0, 0.05) is 30.2 Å². The fourth-order valence-corrected chi connectivity index (χ4v) is 3.63. The average Bonchev–Trinajstić information content (AvgIpc) is 2.70. The van der Waals surface area contributed by atoms with Gasteiger partial charge in [0.05, 0.1) is 4.90 Å². The van der Waals surface area contributed by atoms with Gasteiger partial charge in [-0.2, -0.15) is 0 Å². The van der Waals surface area contributed by atoms with Crippen molar-refractivity contribution < 1.29 is 13.2 Å². The molecule has 144 valence electrons. The maximum absolute atomic E-state index is 12.5. The van der Waals surface area contributed by atoms with E-state index in [-0.39, 0.29) is 17.3 Å². The number of aromatic nitrogens is 1. The van der Waals surface area contributed by atoms with E-state index in [1.165, 1.54) is 24.3 Å². The second-order valence-electron chi connectivity index (χ2n) is 6.48. The average molecular weight is 395 g/mol. The number of nitrogens with zero attached hydrogens (tertiary/aromatic N) is 1. The number of pyridine rings is 1. The van der Waals surface area contributed by atoms with Crippen molar-refractivity contribution in [3.05, 3.63) is 89.2 Å². The minimum absolute atomic E-state index is 0.102. The van der Waals surface area contributed by atoms with Gasteiger partial charge in [0.25, 0.3) is 5.91 Å². The van der Waals surface area contributed by atoms with Crippen molar-refractivity contribution in [1.29, 1.82) is 0 Å². The summed E-state index contributed by atoms with van der Waals surface area (Å²) in [4.78, 5) is 16.5. The normalized spacial score (nSPS) is 11.2. The third kappa shape index (κ3) is 4.82. The molecular formula is C21H21N3O3S. The van der Waals surface area contributed by atoms with E-state index < -0.39 is 10.0 Å². The number of carbonyl (C=O) groups is 1. The Kier molecular flexibility index (Phi) is 5.87. The zero-order valence-electron chi connectivity index (χ0n) is 15.6. The quantitative estimate of drug-likeness (QED) is 0.669. The first kappa shape index (κ1) is 19.7. The van der Waals surface area contributed by atoms with E-state index in [1.54, 1.807) is 24.5 Å². The Labute approximate surface area is 164 Å². The smallest absolute Gasteiger partial charge is 0.255 e. The molecule has 0 aliphatic rings. The number of nitrogens with one attached hydrogen (secondary N) is 2. The van der Waals surface area contributed by atoms with E-state index in [9.17, 15) is 13.2 Å². The lowest BCUT2D eigenvalue weighted by molar-refractivity contribution is 0.102. The maximum Gasteiger partial charge on any atom is 0.255 e. The molecule has 1 heterocycles. The highest BCUT2D eigenvalue weighted by atomic mass is 32.2. The summed E-state index contributed by atoms with van der Waals surface area (Å²) in [7, 11) is -3.67. The van der Waals surface area contributed by atoms with Crippen molar-refractivity contribution in [1.82, 2.24) is 9.71 Å². The summed E-state index contributed by atoms with van der Waals surface area (Å²) in [5.74, 6) is -0.289. The van der Waals surface area contributed by atoms with E-state index in [1.807, 2.05) is 32.0 Å². The number of aryl methyl sites for hydroxylation is 2. The molecule has 0 spiro atoms. The Morgan fingerprint density at radius 2 is 1.64 bits per heavy atom. The molecule has 1 amide bonds. The van der Waals surface area contributed by atoms with Gasteiger partial charge in [-0.3, -0.25) is 9.78 Å². The van der Waals surface area contributed by atoms with Crippen LogP contribution in [0.4, 0.5) is 5.69 Å². The van der Waals surface area contributed by atoms with Crippen molar-refractivity contribution >= 4 is 21.6 Å². The van der Waals surface area contributed by atoms with Gasteiger partial charge >= 0.3 is 0 Å². The molecule has 0 saturated carbocycles. The molecular weight excluding hydrogens is 374 g/mol. The monoisotopic (exact) mass is 395 g/mol. The van der Waals surface area contributed by atoms with Crippen molar-refractivity contribution in [2.45, 2.75) is 25.3 Å². The number of amides is 1. The van der Waals surface area contributed by atoms with E-state index in [2.05, 4.69) is 15.0 Å². The SMILES string of the molecule is Cc1ccc(C)c(NC(=O)c2ccc(S(=O)(=O)NCc3ccncc3)cc2)c1. The Morgan fingerprint density at radius 3 is 2.32 bits per heavy atom. The number of benzene rings is 2. The first-order valence-electron chi connectivity index (χ1n) is 8.72. The van der Waals surface area contributed by atoms with E-state index in [4.69, 9.17) is 0 Å². The molecule has 1 aromatic heterocycles. The molecule has 0 bridgehead atoms. The highest BCUT2D eigenvalue weighted by molar-refractivity contribution is 7.89. The third-order valence-corrected chi connectivity index (χ3v) is 5.70. The van der Waals surface area contributed by atoms with Gasteiger partial charge in [0.15, 0.2) is 0 Å². The molecule has 0 fully saturated rings. The summed E-state index contributed by atoms with van der Waals surface area (Å²) in [6, 6.07) is 15.1. The zero-order chi connectivity index (χ0) is 20.1. The second kappa shape index (κ2) is 8.33. The summed E-state index contributed by atoms with van der Waals surface area (Å²) >= 11 is 0. The summed E-state index contributed by atoms with van der Waals surface area (Å²) in [5, 5.41) is 2.86. The molecule has 0 aliphatic heterocycles. The van der Waals surface area contributed by atoms with Gasteiger partial charge in [0.2, 0.25) is 10.0 Å². The van der Waals surface area contributed by atoms with Crippen LogP contribution in [0.1, 0.15) is 27.0 Å². The third-order valence-electron chi connectivity index (χ3n) is 4.28. The van der Waals surface area contributed by atoms with Gasteiger partial charge in [0.1, 0.15) is 0 Å². The van der Waals surface area contributed by atoms with Crippen LogP contribution in [0.3, 0.4) is 0 Å². The summed E-state index contributed by atoms with van der Waals surface area (Å²) in [6.07, 6.45) is 3.21. The molecule has 2 aromatic carbocycles. The van der Waals surface area contributed by atoms with Crippen LogP contribution in [0.25, 0.3) is 0 Å². The van der Waals surface area contributed by atoms with Gasteiger partial charge in [-0.15, -0.1) is 0 Å². The molecule has 28 heavy (non-hydrogen) atoms. The Hall–Kier alpha value is -3.03. The molecule has 0 radical (unpaired) electrons. The molecule has 0 aliphatic carbocycles. The minimum Gasteiger partial charge on any atom is -0.322 e. The highest BCUT2D eigenvalue weighted by Crippen LogP contribution is 2.18. The predicted molar refractivity (Wildman–Crippen MR) is 109 cm³/mol. The molecule has 3 rings (SSSR count). The van der Waals surface area contributed by atoms with Crippen molar-refractivity contribution in [2.24, 2.45) is 0 Å². The van der Waals surface area contributed by atoms with Crippen molar-refractivity contribution in [3.63, 3.8) is 0 Å². The summed E-state index contributed by atoms with van der Waals surface area (Å²) in [6.45, 7) is 4.03. The first-order valence-corrected chi connectivity index (χ1v) is 10.2. The standard InChI is InChI=1S/C21H21N3O3S/c1-15-3-4-16(2)20(13-15)24-21(25)18-5-7-19(8-6-18)28(26,27)23-14-17-9-11-22-12-10-17/h3-13,23H,14H2,1-2H3,(H,24,25). The second-order valence-corrected chi connectivity index (χ2v) is 8.24. The largest absolute Gasteiger partial charge is 0.322 e. The summed E-state index contributed by atoms with van der Waals surface area (Å²) in [5.41, 5.74) is 3.93. The number of sulfonamides is 1. The van der Waals surface area contributed by atoms with Crippen LogP contribution < -0.4 is 10.0 Å². The lowest BCUT2D eigenvalue weighted by Crippen LogP contribution is -2.23. The van der Waals surface area contributed by atoms with Gasteiger partial charge < -0.3 is 5.32 Å².